The number of hydrogen-bond acceptors (Lipinski definition) is 5. The van der Waals surface area contributed by atoms with E-state index in [9.17, 15) is 14.4 Å². The predicted octanol–water partition coefficient (Wildman–Crippen LogP) is 1.64. The largest absolute Gasteiger partial charge is 0.468 e. The van der Waals surface area contributed by atoms with Crippen molar-refractivity contribution in [3.8, 4) is 0 Å². The summed E-state index contributed by atoms with van der Waals surface area (Å²) in [6, 6.07) is -0.882. The molecule has 0 aliphatic carbocycles. The maximum atomic E-state index is 12.5. The van der Waals surface area contributed by atoms with Crippen LogP contribution in [0, 0.1) is 0 Å². The number of alkyl carbamates (subject to hydrolysis) is 1. The van der Waals surface area contributed by atoms with Crippen molar-refractivity contribution < 1.29 is 23.9 Å². The van der Waals surface area contributed by atoms with E-state index in [-0.39, 0.29) is 19.5 Å². The molecule has 0 spiro atoms. The molecule has 130 valence electrons. The van der Waals surface area contributed by atoms with E-state index in [2.05, 4.69) is 23.2 Å². The molecule has 0 aromatic heterocycles. The van der Waals surface area contributed by atoms with Crippen LogP contribution in [-0.2, 0) is 19.1 Å². The van der Waals surface area contributed by atoms with Crippen molar-refractivity contribution in [3.05, 3.63) is 25.3 Å². The van der Waals surface area contributed by atoms with Gasteiger partial charge in [0.05, 0.1) is 7.11 Å². The Morgan fingerprint density at radius 1 is 1.22 bits per heavy atom. The molecule has 7 nitrogen and oxygen atoms in total. The molecular formula is C16H26N2O5. The molecule has 7 heteroatoms. The van der Waals surface area contributed by atoms with Crippen LogP contribution in [0.5, 0.6) is 0 Å². The van der Waals surface area contributed by atoms with Crippen LogP contribution in [0.3, 0.4) is 0 Å². The van der Waals surface area contributed by atoms with Gasteiger partial charge in [0, 0.05) is 6.54 Å². The van der Waals surface area contributed by atoms with E-state index >= 15 is 0 Å². The first kappa shape index (κ1) is 20.7. The van der Waals surface area contributed by atoms with Gasteiger partial charge < -0.3 is 19.7 Å². The number of rotatable bonds is 8. The molecule has 0 aliphatic rings. The molecule has 1 atom stereocenters. The lowest BCUT2D eigenvalue weighted by Crippen LogP contribution is -2.50. The van der Waals surface area contributed by atoms with Crippen molar-refractivity contribution in [3.63, 3.8) is 0 Å². The molecule has 0 heterocycles. The van der Waals surface area contributed by atoms with Gasteiger partial charge in [-0.2, -0.15) is 0 Å². The molecule has 23 heavy (non-hydrogen) atoms. The minimum absolute atomic E-state index is 0.150. The lowest BCUT2D eigenvalue weighted by molar-refractivity contribution is -0.147. The van der Waals surface area contributed by atoms with Crippen molar-refractivity contribution in [2.75, 3.05) is 20.2 Å². The van der Waals surface area contributed by atoms with Crippen LogP contribution in [0.4, 0.5) is 4.79 Å². The first-order valence-electron chi connectivity index (χ1n) is 7.21. The number of nitrogens with one attached hydrogen (secondary N) is 1. The van der Waals surface area contributed by atoms with E-state index in [1.165, 1.54) is 24.2 Å². The number of ether oxygens (including phenoxy) is 2. The zero-order chi connectivity index (χ0) is 18.0. The molecule has 0 radical (unpaired) electrons. The highest BCUT2D eigenvalue weighted by molar-refractivity contribution is 5.88. The fourth-order valence-corrected chi connectivity index (χ4v) is 1.67. The number of nitrogens with zero attached hydrogens (tertiary/aromatic N) is 1. The minimum Gasteiger partial charge on any atom is -0.468 e. The first-order valence-corrected chi connectivity index (χ1v) is 7.21. The van der Waals surface area contributed by atoms with E-state index in [1.54, 1.807) is 20.8 Å². The summed E-state index contributed by atoms with van der Waals surface area (Å²) in [7, 11) is 1.24. The quantitative estimate of drug-likeness (QED) is 0.541. The van der Waals surface area contributed by atoms with E-state index < -0.39 is 29.6 Å². The van der Waals surface area contributed by atoms with Crippen molar-refractivity contribution in [1.29, 1.82) is 0 Å². The SMILES string of the molecule is C=CCC(NC(=O)OC(C)(C)C)C(=O)N(CC=C)CC(=O)OC. The maximum Gasteiger partial charge on any atom is 0.408 e. The average molecular weight is 326 g/mol. The molecule has 0 rings (SSSR count). The van der Waals surface area contributed by atoms with Crippen LogP contribution in [0.15, 0.2) is 25.3 Å². The fourth-order valence-electron chi connectivity index (χ4n) is 1.67. The van der Waals surface area contributed by atoms with Crippen LogP contribution < -0.4 is 5.32 Å². The monoisotopic (exact) mass is 326 g/mol. The summed E-state index contributed by atoms with van der Waals surface area (Å²) in [6.45, 7) is 12.2. The highest BCUT2D eigenvalue weighted by Crippen LogP contribution is 2.08. The molecule has 0 bridgehead atoms. The van der Waals surface area contributed by atoms with Gasteiger partial charge >= 0.3 is 12.1 Å². The van der Waals surface area contributed by atoms with Crippen molar-refractivity contribution in [2.45, 2.75) is 38.8 Å². The fraction of sp³-hybridized carbons (Fsp3) is 0.562. The number of amides is 2. The van der Waals surface area contributed by atoms with Crippen molar-refractivity contribution in [2.24, 2.45) is 0 Å². The molecule has 0 aliphatic heterocycles. The summed E-state index contributed by atoms with van der Waals surface area (Å²) in [5.74, 6) is -1.00. The van der Waals surface area contributed by atoms with Gasteiger partial charge in [0.25, 0.3) is 0 Å². The zero-order valence-corrected chi connectivity index (χ0v) is 14.3. The van der Waals surface area contributed by atoms with Crippen LogP contribution >= 0.6 is 0 Å². The van der Waals surface area contributed by atoms with Crippen LogP contribution in [0.25, 0.3) is 0 Å². The summed E-state index contributed by atoms with van der Waals surface area (Å²) in [6.07, 6.45) is 2.48. The van der Waals surface area contributed by atoms with Crippen molar-refractivity contribution in [1.82, 2.24) is 10.2 Å². The average Bonchev–Trinajstić information content (AvgIpc) is 2.43. The van der Waals surface area contributed by atoms with Gasteiger partial charge in [0.1, 0.15) is 18.2 Å². The number of hydrogen-bond donors (Lipinski definition) is 1. The predicted molar refractivity (Wildman–Crippen MR) is 86.8 cm³/mol. The Balaban J connectivity index is 5.04. The van der Waals surface area contributed by atoms with E-state index in [4.69, 9.17) is 4.74 Å². The minimum atomic E-state index is -0.882. The molecule has 0 aromatic rings. The number of methoxy groups -OCH3 is 1. The smallest absolute Gasteiger partial charge is 0.408 e. The van der Waals surface area contributed by atoms with Gasteiger partial charge in [-0.05, 0) is 27.2 Å². The maximum absolute atomic E-state index is 12.5. The molecule has 1 unspecified atom stereocenters. The van der Waals surface area contributed by atoms with E-state index in [0.717, 1.165) is 0 Å². The first-order chi connectivity index (χ1) is 10.6. The summed E-state index contributed by atoms with van der Waals surface area (Å²) < 4.78 is 9.70. The van der Waals surface area contributed by atoms with Gasteiger partial charge in [0.15, 0.2) is 0 Å². The Morgan fingerprint density at radius 3 is 2.26 bits per heavy atom. The molecule has 2 amide bonds. The Hall–Kier alpha value is -2.31. The molecular weight excluding hydrogens is 300 g/mol. The standard InChI is InChI=1S/C16H26N2O5/c1-7-9-12(17-15(21)23-16(3,4)5)14(20)18(10-8-2)11-13(19)22-6/h7-8,12H,1-2,9-11H2,3-6H3,(H,17,21). The number of esters is 1. The Bertz CT molecular complexity index is 454. The summed E-state index contributed by atoms with van der Waals surface area (Å²) in [4.78, 5) is 37.0. The molecule has 1 N–H and O–H groups in total. The Morgan fingerprint density at radius 2 is 1.83 bits per heavy atom. The van der Waals surface area contributed by atoms with Gasteiger partial charge in [-0.15, -0.1) is 13.2 Å². The zero-order valence-electron chi connectivity index (χ0n) is 14.3. The van der Waals surface area contributed by atoms with Crippen LogP contribution in [0.1, 0.15) is 27.2 Å². The van der Waals surface area contributed by atoms with Gasteiger partial charge in [-0.3, -0.25) is 9.59 Å². The third-order valence-corrected chi connectivity index (χ3v) is 2.60. The Labute approximate surface area is 137 Å². The molecule has 0 saturated heterocycles. The summed E-state index contributed by atoms with van der Waals surface area (Å²) >= 11 is 0. The summed E-state index contributed by atoms with van der Waals surface area (Å²) in [5.41, 5.74) is -0.682. The second kappa shape index (κ2) is 9.66. The van der Waals surface area contributed by atoms with E-state index in [1.807, 2.05) is 0 Å². The van der Waals surface area contributed by atoms with Crippen molar-refractivity contribution >= 4 is 18.0 Å². The van der Waals surface area contributed by atoms with E-state index in [0.29, 0.717) is 0 Å². The number of carbonyl (C=O) groups is 3. The van der Waals surface area contributed by atoms with Crippen LogP contribution in [-0.4, -0.2) is 54.7 Å². The lowest BCUT2D eigenvalue weighted by Gasteiger charge is -2.27. The lowest BCUT2D eigenvalue weighted by atomic mass is 10.1. The van der Waals surface area contributed by atoms with Gasteiger partial charge in [-0.1, -0.05) is 12.2 Å². The highest BCUT2D eigenvalue weighted by atomic mass is 16.6. The second-order valence-corrected chi connectivity index (χ2v) is 5.81. The molecule has 0 saturated carbocycles. The normalized spacial score (nSPS) is 11.8. The third-order valence-electron chi connectivity index (χ3n) is 2.60. The van der Waals surface area contributed by atoms with Crippen LogP contribution in [0.2, 0.25) is 0 Å². The summed E-state index contributed by atoms with van der Waals surface area (Å²) in [5, 5.41) is 2.49. The Kier molecular flexibility index (Phi) is 8.69. The highest BCUT2D eigenvalue weighted by Gasteiger charge is 2.28. The molecule has 0 aromatic carbocycles. The third kappa shape index (κ3) is 8.65. The topological polar surface area (TPSA) is 84.9 Å². The van der Waals surface area contributed by atoms with Gasteiger partial charge in [-0.25, -0.2) is 4.79 Å². The second-order valence-electron chi connectivity index (χ2n) is 5.81. The molecule has 0 fully saturated rings. The van der Waals surface area contributed by atoms with Gasteiger partial charge in [0.2, 0.25) is 5.91 Å². The number of carbonyl (C=O) groups excluding carboxylic acids is 3.